The van der Waals surface area contributed by atoms with Crippen LogP contribution in [0, 0.1) is 0 Å². The van der Waals surface area contributed by atoms with Crippen LogP contribution in [0.1, 0.15) is 15.9 Å². The number of benzene rings is 3. The fourth-order valence-electron chi connectivity index (χ4n) is 3.67. The van der Waals surface area contributed by atoms with Crippen LogP contribution in [0.4, 0.5) is 11.4 Å². The van der Waals surface area contributed by atoms with E-state index in [1.54, 1.807) is 23.1 Å². The maximum absolute atomic E-state index is 13.3. The van der Waals surface area contributed by atoms with Gasteiger partial charge in [0.1, 0.15) is 0 Å². The summed E-state index contributed by atoms with van der Waals surface area (Å²) in [6, 6.07) is 23.0. The van der Waals surface area contributed by atoms with Crippen LogP contribution in [0.2, 0.25) is 0 Å². The second-order valence-corrected chi connectivity index (χ2v) is 8.89. The zero-order chi connectivity index (χ0) is 21.1. The first-order valence-electron chi connectivity index (χ1n) is 9.71. The van der Waals surface area contributed by atoms with Gasteiger partial charge in [-0.05, 0) is 48.4 Å². The van der Waals surface area contributed by atoms with Crippen molar-refractivity contribution >= 4 is 27.3 Å². The molecule has 1 aliphatic heterocycles. The second kappa shape index (κ2) is 8.16. The van der Waals surface area contributed by atoms with Crippen molar-refractivity contribution in [3.8, 4) is 0 Å². The van der Waals surface area contributed by atoms with E-state index in [-0.39, 0.29) is 10.8 Å². The van der Waals surface area contributed by atoms with Crippen LogP contribution in [-0.2, 0) is 16.4 Å². The Bertz CT molecular complexity index is 1190. The number of carbonyl (C=O) groups is 1. The zero-order valence-electron chi connectivity index (χ0n) is 16.4. The first kappa shape index (κ1) is 19.9. The second-order valence-electron chi connectivity index (χ2n) is 7.02. The van der Waals surface area contributed by atoms with Gasteiger partial charge in [-0.3, -0.25) is 9.10 Å². The van der Waals surface area contributed by atoms with Crippen LogP contribution >= 0.6 is 0 Å². The lowest BCUT2D eigenvalue weighted by Gasteiger charge is -2.23. The van der Waals surface area contributed by atoms with Crippen molar-refractivity contribution in [2.45, 2.75) is 11.3 Å². The van der Waals surface area contributed by atoms with E-state index in [9.17, 15) is 13.2 Å². The lowest BCUT2D eigenvalue weighted by molar-refractivity contribution is 0.0989. The van der Waals surface area contributed by atoms with Crippen LogP contribution in [0.5, 0.6) is 0 Å². The third kappa shape index (κ3) is 3.62. The summed E-state index contributed by atoms with van der Waals surface area (Å²) < 4.78 is 28.1. The van der Waals surface area contributed by atoms with E-state index in [4.69, 9.17) is 0 Å². The Morgan fingerprint density at radius 3 is 2.50 bits per heavy atom. The summed E-state index contributed by atoms with van der Waals surface area (Å²) in [5, 5.41) is 0. The van der Waals surface area contributed by atoms with Crippen LogP contribution in [0.3, 0.4) is 0 Å². The maximum atomic E-state index is 13.3. The van der Waals surface area contributed by atoms with E-state index >= 15 is 0 Å². The molecule has 152 valence electrons. The molecule has 0 N–H and O–H groups in total. The Morgan fingerprint density at radius 1 is 1.00 bits per heavy atom. The number of hydrogen-bond donors (Lipinski definition) is 0. The topological polar surface area (TPSA) is 57.7 Å². The Kier molecular flexibility index (Phi) is 5.42. The molecule has 4 rings (SSSR count). The molecule has 6 heteroatoms. The molecule has 1 aliphatic rings. The van der Waals surface area contributed by atoms with E-state index < -0.39 is 10.0 Å². The fourth-order valence-corrected chi connectivity index (χ4v) is 5.22. The monoisotopic (exact) mass is 418 g/mol. The molecule has 0 saturated carbocycles. The summed E-state index contributed by atoms with van der Waals surface area (Å²) >= 11 is 0. The number of sulfonamides is 1. The average Bonchev–Trinajstić information content (AvgIpc) is 3.23. The van der Waals surface area contributed by atoms with Crippen LogP contribution in [0.15, 0.2) is 96.4 Å². The van der Waals surface area contributed by atoms with Crippen molar-refractivity contribution < 1.29 is 13.2 Å². The van der Waals surface area contributed by atoms with Gasteiger partial charge in [-0.2, -0.15) is 0 Å². The molecule has 0 spiro atoms. The normalized spacial score (nSPS) is 13.0. The Balaban J connectivity index is 1.69. The van der Waals surface area contributed by atoms with Crippen molar-refractivity contribution in [2.75, 3.05) is 22.3 Å². The summed E-state index contributed by atoms with van der Waals surface area (Å²) in [5.74, 6) is -0.278. The lowest BCUT2D eigenvalue weighted by atomic mass is 10.1. The van der Waals surface area contributed by atoms with Crippen LogP contribution in [-0.4, -0.2) is 27.4 Å². The summed E-state index contributed by atoms with van der Waals surface area (Å²) in [5.41, 5.74) is 2.75. The molecule has 0 aliphatic carbocycles. The quantitative estimate of drug-likeness (QED) is 0.562. The summed E-state index contributed by atoms with van der Waals surface area (Å²) in [4.78, 5) is 14.9. The van der Waals surface area contributed by atoms with E-state index in [0.29, 0.717) is 30.8 Å². The van der Waals surface area contributed by atoms with Gasteiger partial charge in [0, 0.05) is 24.3 Å². The molecule has 0 radical (unpaired) electrons. The fraction of sp³-hybridized carbons (Fsp3) is 0.125. The summed E-state index contributed by atoms with van der Waals surface area (Å²) in [7, 11) is -3.77. The van der Waals surface area contributed by atoms with Crippen molar-refractivity contribution in [1.82, 2.24) is 0 Å². The third-order valence-electron chi connectivity index (χ3n) is 5.14. The molecular formula is C24H22N2O3S. The molecule has 1 amide bonds. The van der Waals surface area contributed by atoms with Gasteiger partial charge in [0.15, 0.2) is 0 Å². The highest BCUT2D eigenvalue weighted by atomic mass is 32.2. The van der Waals surface area contributed by atoms with Crippen LogP contribution < -0.4 is 9.21 Å². The van der Waals surface area contributed by atoms with Gasteiger partial charge in [-0.15, -0.1) is 6.58 Å². The molecule has 30 heavy (non-hydrogen) atoms. The predicted molar refractivity (Wildman–Crippen MR) is 119 cm³/mol. The van der Waals surface area contributed by atoms with Gasteiger partial charge >= 0.3 is 0 Å². The molecule has 0 saturated heterocycles. The van der Waals surface area contributed by atoms with E-state index in [1.165, 1.54) is 16.4 Å². The van der Waals surface area contributed by atoms with Gasteiger partial charge < -0.3 is 4.90 Å². The number of anilines is 2. The number of fused-ring (bicyclic) bond motifs is 1. The van der Waals surface area contributed by atoms with Gasteiger partial charge in [0.25, 0.3) is 15.9 Å². The first-order chi connectivity index (χ1) is 14.5. The molecule has 3 aromatic rings. The highest BCUT2D eigenvalue weighted by molar-refractivity contribution is 7.92. The first-order valence-corrected chi connectivity index (χ1v) is 11.1. The standard InChI is InChI=1S/C24H22N2O3S/c1-2-16-25(21-11-4-3-5-12-21)24(27)20-10-8-13-22(18-20)30(28,29)26-17-15-19-9-6-7-14-23(19)26/h2-14,18H,1,15-17H2. The predicted octanol–water partition coefficient (Wildman–Crippen LogP) is 4.27. The number of carbonyl (C=O) groups excluding carboxylic acids is 1. The number of hydrogen-bond acceptors (Lipinski definition) is 3. The molecule has 5 nitrogen and oxygen atoms in total. The van der Waals surface area contributed by atoms with Gasteiger partial charge in [0.2, 0.25) is 0 Å². The van der Waals surface area contributed by atoms with E-state index in [2.05, 4.69) is 6.58 Å². The third-order valence-corrected chi connectivity index (χ3v) is 6.95. The molecular weight excluding hydrogens is 396 g/mol. The van der Waals surface area contributed by atoms with Gasteiger partial charge in [0.05, 0.1) is 10.6 Å². The number of para-hydroxylation sites is 2. The summed E-state index contributed by atoms with van der Waals surface area (Å²) in [6.45, 7) is 4.45. The van der Waals surface area contributed by atoms with Gasteiger partial charge in [-0.1, -0.05) is 48.5 Å². The molecule has 0 bridgehead atoms. The molecule has 0 atom stereocenters. The van der Waals surface area contributed by atoms with Crippen molar-refractivity contribution in [2.24, 2.45) is 0 Å². The smallest absolute Gasteiger partial charge is 0.264 e. The van der Waals surface area contributed by atoms with Gasteiger partial charge in [-0.25, -0.2) is 8.42 Å². The average molecular weight is 419 g/mol. The van der Waals surface area contributed by atoms with Crippen molar-refractivity contribution in [1.29, 1.82) is 0 Å². The number of rotatable bonds is 6. The zero-order valence-corrected chi connectivity index (χ0v) is 17.3. The molecule has 0 fully saturated rings. The Morgan fingerprint density at radius 2 is 1.73 bits per heavy atom. The minimum absolute atomic E-state index is 0.108. The van der Waals surface area contributed by atoms with Crippen molar-refractivity contribution in [3.63, 3.8) is 0 Å². The molecule has 0 aromatic heterocycles. The van der Waals surface area contributed by atoms with E-state index in [1.807, 2.05) is 54.6 Å². The Labute approximate surface area is 176 Å². The highest BCUT2D eigenvalue weighted by Gasteiger charge is 2.31. The maximum Gasteiger partial charge on any atom is 0.264 e. The molecule has 1 heterocycles. The summed E-state index contributed by atoms with van der Waals surface area (Å²) in [6.07, 6.45) is 2.32. The van der Waals surface area contributed by atoms with Crippen molar-refractivity contribution in [3.05, 3.63) is 103 Å². The minimum Gasteiger partial charge on any atom is -0.305 e. The highest BCUT2D eigenvalue weighted by Crippen LogP contribution is 2.33. The molecule has 3 aromatic carbocycles. The molecule has 0 unspecified atom stereocenters. The lowest BCUT2D eigenvalue weighted by Crippen LogP contribution is -2.32. The minimum atomic E-state index is -3.77. The Hall–Kier alpha value is -3.38. The van der Waals surface area contributed by atoms with Crippen LogP contribution in [0.25, 0.3) is 0 Å². The SMILES string of the molecule is C=CCN(C(=O)c1cccc(S(=O)(=O)N2CCc3ccccc32)c1)c1ccccc1. The number of nitrogens with zero attached hydrogens (tertiary/aromatic N) is 2. The number of amides is 1. The van der Waals surface area contributed by atoms with E-state index in [0.717, 1.165) is 11.3 Å². The largest absolute Gasteiger partial charge is 0.305 e.